The van der Waals surface area contributed by atoms with Crippen LogP contribution in [0.25, 0.3) is 0 Å². The summed E-state index contributed by atoms with van der Waals surface area (Å²) in [5.74, 6) is 0.936. The molecule has 5 heteroatoms. The number of rotatable bonds is 4. The Labute approximate surface area is 105 Å². The second-order valence-electron chi connectivity index (χ2n) is 3.86. The normalized spacial score (nSPS) is 10.1. The van der Waals surface area contributed by atoms with Crippen LogP contribution in [-0.2, 0) is 6.54 Å². The Kier molecular flexibility index (Phi) is 3.62. The van der Waals surface area contributed by atoms with E-state index in [0.717, 1.165) is 11.3 Å². The Morgan fingerprint density at radius 2 is 2.06 bits per heavy atom. The van der Waals surface area contributed by atoms with Crippen molar-refractivity contribution in [2.24, 2.45) is 0 Å². The largest absolute Gasteiger partial charge is 0.508 e. The molecule has 5 nitrogen and oxygen atoms in total. The highest BCUT2D eigenvalue weighted by Gasteiger charge is 2.03. The van der Waals surface area contributed by atoms with Gasteiger partial charge in [0.2, 0.25) is 0 Å². The molecule has 1 heterocycles. The standard InChI is InChI=1S/C13H15N3O2/c1-9-7-12(16-13(15-9)18-2)14-8-10-5-3-4-6-11(10)17/h3-7,17H,8H2,1-2H3,(H,14,15,16). The van der Waals surface area contributed by atoms with Gasteiger partial charge in [-0.1, -0.05) is 18.2 Å². The van der Waals surface area contributed by atoms with Crippen molar-refractivity contribution in [3.63, 3.8) is 0 Å². The van der Waals surface area contributed by atoms with Crippen LogP contribution in [0.4, 0.5) is 5.82 Å². The lowest BCUT2D eigenvalue weighted by molar-refractivity contribution is 0.379. The molecule has 2 rings (SSSR count). The highest BCUT2D eigenvalue weighted by molar-refractivity contribution is 5.40. The van der Waals surface area contributed by atoms with Crippen molar-refractivity contribution in [2.45, 2.75) is 13.5 Å². The minimum Gasteiger partial charge on any atom is -0.508 e. The predicted molar refractivity (Wildman–Crippen MR) is 68.8 cm³/mol. The lowest BCUT2D eigenvalue weighted by Crippen LogP contribution is -2.04. The van der Waals surface area contributed by atoms with Crippen LogP contribution in [0.5, 0.6) is 11.8 Å². The van der Waals surface area contributed by atoms with Crippen LogP contribution < -0.4 is 10.1 Å². The SMILES string of the molecule is COc1nc(C)cc(NCc2ccccc2O)n1. The highest BCUT2D eigenvalue weighted by atomic mass is 16.5. The van der Waals surface area contributed by atoms with Gasteiger partial charge in [-0.15, -0.1) is 0 Å². The smallest absolute Gasteiger partial charge is 0.318 e. The number of benzene rings is 1. The number of aromatic hydroxyl groups is 1. The second kappa shape index (κ2) is 5.35. The van der Waals surface area contributed by atoms with Gasteiger partial charge in [0.25, 0.3) is 0 Å². The molecule has 2 N–H and O–H groups in total. The van der Waals surface area contributed by atoms with Crippen molar-refractivity contribution in [3.8, 4) is 11.8 Å². The van der Waals surface area contributed by atoms with Crippen molar-refractivity contribution >= 4 is 5.82 Å². The Hall–Kier alpha value is -2.30. The number of hydrogen-bond donors (Lipinski definition) is 2. The Bertz CT molecular complexity index is 544. The number of ether oxygens (including phenoxy) is 1. The summed E-state index contributed by atoms with van der Waals surface area (Å²) in [6, 6.07) is 9.33. The zero-order valence-electron chi connectivity index (χ0n) is 10.3. The number of para-hydroxylation sites is 1. The van der Waals surface area contributed by atoms with Gasteiger partial charge in [-0.25, -0.2) is 4.98 Å². The summed E-state index contributed by atoms with van der Waals surface area (Å²) >= 11 is 0. The van der Waals surface area contributed by atoms with Crippen LogP contribution in [-0.4, -0.2) is 22.2 Å². The van der Waals surface area contributed by atoms with Gasteiger partial charge in [0.05, 0.1) is 7.11 Å². The maximum atomic E-state index is 9.65. The molecule has 0 bridgehead atoms. The molecule has 1 aromatic carbocycles. The second-order valence-corrected chi connectivity index (χ2v) is 3.86. The monoisotopic (exact) mass is 245 g/mol. The van der Waals surface area contributed by atoms with Gasteiger partial charge < -0.3 is 15.2 Å². The number of nitrogens with zero attached hydrogens (tertiary/aromatic N) is 2. The molecule has 0 amide bonds. The average molecular weight is 245 g/mol. The molecular formula is C13H15N3O2. The first-order chi connectivity index (χ1) is 8.69. The summed E-state index contributed by atoms with van der Waals surface area (Å²) in [5, 5.41) is 12.8. The van der Waals surface area contributed by atoms with E-state index in [4.69, 9.17) is 4.74 Å². The molecular weight excluding hydrogens is 230 g/mol. The lowest BCUT2D eigenvalue weighted by atomic mass is 10.2. The molecule has 0 radical (unpaired) electrons. The molecule has 0 unspecified atom stereocenters. The maximum absolute atomic E-state index is 9.65. The molecule has 2 aromatic rings. The average Bonchev–Trinajstić information content (AvgIpc) is 2.37. The summed E-state index contributed by atoms with van der Waals surface area (Å²) < 4.78 is 5.00. The molecule has 0 saturated heterocycles. The Morgan fingerprint density at radius 1 is 1.28 bits per heavy atom. The molecule has 94 valence electrons. The molecule has 0 spiro atoms. The number of nitrogens with one attached hydrogen (secondary N) is 1. The lowest BCUT2D eigenvalue weighted by Gasteiger charge is -2.08. The van der Waals surface area contributed by atoms with Gasteiger partial charge in [-0.2, -0.15) is 4.98 Å². The van der Waals surface area contributed by atoms with E-state index in [2.05, 4.69) is 15.3 Å². The van der Waals surface area contributed by atoms with E-state index < -0.39 is 0 Å². The number of aromatic nitrogens is 2. The summed E-state index contributed by atoms with van der Waals surface area (Å²) in [4.78, 5) is 8.27. The topological polar surface area (TPSA) is 67.3 Å². The van der Waals surface area contributed by atoms with Crippen LogP contribution in [0.3, 0.4) is 0 Å². The Balaban J connectivity index is 2.11. The third kappa shape index (κ3) is 2.88. The van der Waals surface area contributed by atoms with E-state index in [-0.39, 0.29) is 5.75 Å². The fraction of sp³-hybridized carbons (Fsp3) is 0.231. The van der Waals surface area contributed by atoms with Crippen LogP contribution in [0.1, 0.15) is 11.3 Å². The van der Waals surface area contributed by atoms with Crippen LogP contribution >= 0.6 is 0 Å². The molecule has 0 aliphatic rings. The molecule has 0 saturated carbocycles. The first kappa shape index (κ1) is 12.2. The van der Waals surface area contributed by atoms with Gasteiger partial charge in [0.15, 0.2) is 0 Å². The van der Waals surface area contributed by atoms with Crippen LogP contribution in [0.2, 0.25) is 0 Å². The summed E-state index contributed by atoms with van der Waals surface area (Å²) in [7, 11) is 1.53. The van der Waals surface area contributed by atoms with E-state index >= 15 is 0 Å². The van der Waals surface area contributed by atoms with Crippen molar-refractivity contribution < 1.29 is 9.84 Å². The third-order valence-electron chi connectivity index (χ3n) is 2.47. The zero-order chi connectivity index (χ0) is 13.0. The fourth-order valence-corrected chi connectivity index (χ4v) is 1.57. The predicted octanol–water partition coefficient (Wildman–Crippen LogP) is 2.11. The van der Waals surface area contributed by atoms with Gasteiger partial charge >= 0.3 is 6.01 Å². The maximum Gasteiger partial charge on any atom is 0.318 e. The number of phenols is 1. The van der Waals surface area contributed by atoms with E-state index in [1.807, 2.05) is 25.1 Å². The van der Waals surface area contributed by atoms with Crippen LogP contribution in [0.15, 0.2) is 30.3 Å². The van der Waals surface area contributed by atoms with Gasteiger partial charge in [-0.3, -0.25) is 0 Å². The van der Waals surface area contributed by atoms with Gasteiger partial charge in [-0.05, 0) is 13.0 Å². The molecule has 0 atom stereocenters. The number of hydrogen-bond acceptors (Lipinski definition) is 5. The fourth-order valence-electron chi connectivity index (χ4n) is 1.57. The number of methoxy groups -OCH3 is 1. The summed E-state index contributed by atoms with van der Waals surface area (Å²) in [5.41, 5.74) is 1.63. The molecule has 1 aromatic heterocycles. The highest BCUT2D eigenvalue weighted by Crippen LogP contribution is 2.18. The van der Waals surface area contributed by atoms with E-state index in [0.29, 0.717) is 18.4 Å². The third-order valence-corrected chi connectivity index (χ3v) is 2.47. The molecule has 0 aliphatic heterocycles. The van der Waals surface area contributed by atoms with Crippen molar-refractivity contribution in [2.75, 3.05) is 12.4 Å². The first-order valence-corrected chi connectivity index (χ1v) is 5.59. The van der Waals surface area contributed by atoms with E-state index in [1.165, 1.54) is 7.11 Å². The van der Waals surface area contributed by atoms with Crippen molar-refractivity contribution in [1.82, 2.24) is 9.97 Å². The molecule has 0 fully saturated rings. The summed E-state index contributed by atoms with van der Waals surface area (Å²) in [6.07, 6.45) is 0. The van der Waals surface area contributed by atoms with E-state index in [1.54, 1.807) is 12.1 Å². The first-order valence-electron chi connectivity index (χ1n) is 5.59. The quantitative estimate of drug-likeness (QED) is 0.863. The van der Waals surface area contributed by atoms with Gasteiger partial charge in [0.1, 0.15) is 11.6 Å². The van der Waals surface area contributed by atoms with Crippen molar-refractivity contribution in [1.29, 1.82) is 0 Å². The summed E-state index contributed by atoms with van der Waals surface area (Å²) in [6.45, 7) is 2.36. The molecule has 18 heavy (non-hydrogen) atoms. The number of anilines is 1. The van der Waals surface area contributed by atoms with E-state index in [9.17, 15) is 5.11 Å². The number of aryl methyl sites for hydroxylation is 1. The van der Waals surface area contributed by atoms with Crippen molar-refractivity contribution in [3.05, 3.63) is 41.6 Å². The minimum atomic E-state index is 0.266. The minimum absolute atomic E-state index is 0.266. The van der Waals surface area contributed by atoms with Crippen LogP contribution in [0, 0.1) is 6.92 Å². The molecule has 0 aliphatic carbocycles. The zero-order valence-corrected chi connectivity index (χ0v) is 10.3. The number of phenolic OH excluding ortho intramolecular Hbond substituents is 1. The van der Waals surface area contributed by atoms with Gasteiger partial charge in [0, 0.05) is 23.9 Å². The Morgan fingerprint density at radius 3 is 2.78 bits per heavy atom.